The maximum Gasteiger partial charge on any atom is 0.222 e. The number of carbonyl (C=O) groups excluding carboxylic acids is 1. The fourth-order valence-electron chi connectivity index (χ4n) is 1.45. The molecule has 1 amide bonds. The largest absolute Gasteiger partial charge is 0.381 e. The van der Waals surface area contributed by atoms with Crippen LogP contribution in [0.25, 0.3) is 0 Å². The topological polar surface area (TPSA) is 85.8 Å². The Kier molecular flexibility index (Phi) is 3.04. The van der Waals surface area contributed by atoms with Crippen LogP contribution in [0.5, 0.6) is 0 Å². The molecule has 0 radical (unpaired) electrons. The van der Waals surface area contributed by atoms with Gasteiger partial charge in [0, 0.05) is 6.92 Å². The Hall–Kier alpha value is -2.37. The molecule has 3 N–H and O–H groups in total. The molecule has 1 heterocycles. The number of nitrogens with one attached hydrogen (secondary N) is 1. The maximum absolute atomic E-state index is 10.9. The molecule has 0 aliphatic heterocycles. The molecule has 6 nitrogen and oxygen atoms in total. The Bertz CT molecular complexity index is 520. The van der Waals surface area contributed by atoms with Crippen molar-refractivity contribution >= 4 is 17.5 Å². The zero-order valence-electron chi connectivity index (χ0n) is 9.42. The predicted octanol–water partition coefficient (Wildman–Crippen LogP) is 0.867. The predicted molar refractivity (Wildman–Crippen MR) is 64.3 cm³/mol. The molecule has 6 heteroatoms. The lowest BCUT2D eigenvalue weighted by molar-refractivity contribution is -0.114. The minimum atomic E-state index is -0.219. The highest BCUT2D eigenvalue weighted by molar-refractivity contribution is 5.89. The monoisotopic (exact) mass is 231 g/mol. The summed E-state index contributed by atoms with van der Waals surface area (Å²) in [4.78, 5) is 10.9. The van der Waals surface area contributed by atoms with Crippen LogP contribution in [-0.2, 0) is 11.3 Å². The first-order valence-electron chi connectivity index (χ1n) is 5.17. The van der Waals surface area contributed by atoms with Crippen molar-refractivity contribution in [3.8, 4) is 0 Å². The number of carbonyl (C=O) groups is 1. The van der Waals surface area contributed by atoms with Gasteiger partial charge in [-0.05, 0) is 5.56 Å². The molecule has 0 saturated carbocycles. The summed E-state index contributed by atoms with van der Waals surface area (Å²) in [6.45, 7) is 1.93. The van der Waals surface area contributed by atoms with Crippen LogP contribution in [0.15, 0.2) is 30.3 Å². The van der Waals surface area contributed by atoms with E-state index in [-0.39, 0.29) is 5.91 Å². The molecule has 88 valence electrons. The molecule has 0 spiro atoms. The molecule has 0 atom stereocenters. The number of nitrogens with zero attached hydrogens (tertiary/aromatic N) is 3. The summed E-state index contributed by atoms with van der Waals surface area (Å²) in [5.74, 6) is 0.431. The number of hydrogen-bond acceptors (Lipinski definition) is 4. The minimum Gasteiger partial charge on any atom is -0.381 e. The van der Waals surface area contributed by atoms with Gasteiger partial charge in [0.1, 0.15) is 0 Å². The van der Waals surface area contributed by atoms with Crippen molar-refractivity contribution in [2.24, 2.45) is 0 Å². The van der Waals surface area contributed by atoms with Crippen LogP contribution in [0, 0.1) is 0 Å². The molecule has 2 rings (SSSR count). The van der Waals surface area contributed by atoms with Crippen LogP contribution in [0.1, 0.15) is 12.5 Å². The molecule has 2 aromatic rings. The summed E-state index contributed by atoms with van der Waals surface area (Å²) in [6, 6.07) is 9.77. The van der Waals surface area contributed by atoms with Gasteiger partial charge in [-0.1, -0.05) is 35.5 Å². The van der Waals surface area contributed by atoms with Gasteiger partial charge in [-0.3, -0.25) is 4.79 Å². The second kappa shape index (κ2) is 4.65. The number of nitrogens with two attached hydrogens (primary N) is 1. The molecule has 1 aromatic carbocycles. The molecule has 0 bridgehead atoms. The van der Waals surface area contributed by atoms with Crippen LogP contribution in [0.3, 0.4) is 0 Å². The first kappa shape index (κ1) is 11.1. The standard InChI is InChI=1S/C11H13N5O/c1-8(17)13-11-10(12)16(15-14-11)7-9-5-3-2-4-6-9/h2-6H,7,12H2,1H3,(H,13,17). The third-order valence-corrected chi connectivity index (χ3v) is 2.24. The number of nitrogen functional groups attached to an aromatic ring is 1. The van der Waals surface area contributed by atoms with Gasteiger partial charge in [0.05, 0.1) is 6.54 Å². The van der Waals surface area contributed by atoms with Crippen molar-refractivity contribution in [3.05, 3.63) is 35.9 Å². The fraction of sp³-hybridized carbons (Fsp3) is 0.182. The second-order valence-corrected chi connectivity index (χ2v) is 3.65. The number of amides is 1. The van der Waals surface area contributed by atoms with E-state index in [0.717, 1.165) is 5.56 Å². The summed E-state index contributed by atoms with van der Waals surface area (Å²) in [5, 5.41) is 10.2. The first-order chi connectivity index (χ1) is 8.16. The maximum atomic E-state index is 10.9. The van der Waals surface area contributed by atoms with E-state index in [9.17, 15) is 4.79 Å². The summed E-state index contributed by atoms with van der Waals surface area (Å²) in [6.07, 6.45) is 0. The minimum absolute atomic E-state index is 0.219. The van der Waals surface area contributed by atoms with Crippen molar-refractivity contribution in [2.45, 2.75) is 13.5 Å². The highest BCUT2D eigenvalue weighted by Gasteiger charge is 2.10. The lowest BCUT2D eigenvalue weighted by atomic mass is 10.2. The van der Waals surface area contributed by atoms with E-state index in [1.165, 1.54) is 6.92 Å². The van der Waals surface area contributed by atoms with Gasteiger partial charge in [-0.2, -0.15) is 0 Å². The van der Waals surface area contributed by atoms with Gasteiger partial charge in [0.15, 0.2) is 11.6 Å². The van der Waals surface area contributed by atoms with E-state index < -0.39 is 0 Å². The van der Waals surface area contributed by atoms with Crippen molar-refractivity contribution < 1.29 is 4.79 Å². The van der Waals surface area contributed by atoms with E-state index in [0.29, 0.717) is 18.2 Å². The van der Waals surface area contributed by atoms with Gasteiger partial charge >= 0.3 is 0 Å². The van der Waals surface area contributed by atoms with Crippen LogP contribution in [0.2, 0.25) is 0 Å². The third kappa shape index (κ3) is 2.60. The van der Waals surface area contributed by atoms with Crippen LogP contribution in [0.4, 0.5) is 11.6 Å². The Balaban J connectivity index is 2.18. The van der Waals surface area contributed by atoms with Crippen molar-refractivity contribution in [3.63, 3.8) is 0 Å². The van der Waals surface area contributed by atoms with E-state index in [2.05, 4.69) is 15.6 Å². The lowest BCUT2D eigenvalue weighted by Crippen LogP contribution is -2.10. The summed E-state index contributed by atoms with van der Waals surface area (Å²) < 4.78 is 1.54. The average Bonchev–Trinajstić information content (AvgIpc) is 2.62. The smallest absolute Gasteiger partial charge is 0.222 e. The van der Waals surface area contributed by atoms with Crippen LogP contribution < -0.4 is 11.1 Å². The number of benzene rings is 1. The number of aromatic nitrogens is 3. The van der Waals surface area contributed by atoms with Crippen molar-refractivity contribution in [1.29, 1.82) is 0 Å². The molecule has 0 saturated heterocycles. The van der Waals surface area contributed by atoms with Crippen LogP contribution >= 0.6 is 0 Å². The van der Waals surface area contributed by atoms with Gasteiger partial charge < -0.3 is 11.1 Å². The molecule has 0 unspecified atom stereocenters. The number of hydrogen-bond donors (Lipinski definition) is 2. The van der Waals surface area contributed by atoms with E-state index in [1.54, 1.807) is 4.68 Å². The number of rotatable bonds is 3. The van der Waals surface area contributed by atoms with Gasteiger partial charge in [-0.25, -0.2) is 4.68 Å². The fourth-order valence-corrected chi connectivity index (χ4v) is 1.45. The normalized spacial score (nSPS) is 10.2. The Morgan fingerprint density at radius 3 is 2.76 bits per heavy atom. The quantitative estimate of drug-likeness (QED) is 0.820. The molecule has 17 heavy (non-hydrogen) atoms. The van der Waals surface area contributed by atoms with Crippen molar-refractivity contribution in [2.75, 3.05) is 11.1 Å². The van der Waals surface area contributed by atoms with Crippen LogP contribution in [-0.4, -0.2) is 20.9 Å². The Morgan fingerprint density at radius 1 is 1.41 bits per heavy atom. The van der Waals surface area contributed by atoms with E-state index >= 15 is 0 Å². The third-order valence-electron chi connectivity index (χ3n) is 2.24. The van der Waals surface area contributed by atoms with Gasteiger partial charge in [-0.15, -0.1) is 5.10 Å². The zero-order chi connectivity index (χ0) is 12.3. The average molecular weight is 231 g/mol. The first-order valence-corrected chi connectivity index (χ1v) is 5.17. The molecular formula is C11H13N5O. The SMILES string of the molecule is CC(=O)Nc1nnn(Cc2ccccc2)c1N. The zero-order valence-corrected chi connectivity index (χ0v) is 9.42. The Labute approximate surface area is 98.4 Å². The van der Waals surface area contributed by atoms with Gasteiger partial charge in [0.2, 0.25) is 5.91 Å². The van der Waals surface area contributed by atoms with Gasteiger partial charge in [0.25, 0.3) is 0 Å². The summed E-state index contributed by atoms with van der Waals surface area (Å²) in [7, 11) is 0. The lowest BCUT2D eigenvalue weighted by Gasteiger charge is -2.03. The van der Waals surface area contributed by atoms with E-state index in [4.69, 9.17) is 5.73 Å². The highest BCUT2D eigenvalue weighted by atomic mass is 16.1. The Morgan fingerprint density at radius 2 is 2.12 bits per heavy atom. The number of anilines is 2. The molecule has 1 aromatic heterocycles. The summed E-state index contributed by atoms with van der Waals surface area (Å²) in [5.41, 5.74) is 6.89. The summed E-state index contributed by atoms with van der Waals surface area (Å²) >= 11 is 0. The van der Waals surface area contributed by atoms with E-state index in [1.807, 2.05) is 30.3 Å². The molecular weight excluding hydrogens is 218 g/mol. The van der Waals surface area contributed by atoms with Crippen molar-refractivity contribution in [1.82, 2.24) is 15.0 Å². The molecule has 0 fully saturated rings. The second-order valence-electron chi connectivity index (χ2n) is 3.65. The molecule has 0 aliphatic carbocycles. The highest BCUT2D eigenvalue weighted by Crippen LogP contribution is 2.15. The molecule has 0 aliphatic rings.